The number of fused-ring (bicyclic) bond motifs is 1. The van der Waals surface area contributed by atoms with Crippen LogP contribution in [0.25, 0.3) is 22.4 Å². The van der Waals surface area contributed by atoms with Gasteiger partial charge < -0.3 is 9.72 Å². The zero-order chi connectivity index (χ0) is 15.9. The lowest BCUT2D eigenvalue weighted by Crippen LogP contribution is -2.16. The molecule has 3 rings (SSSR count). The SMILES string of the molecule is Fc1cc2nc(-c3ccc(OC(F)(F)F)cc3)[nH]c2cc1F. The average Bonchev–Trinajstić information content (AvgIpc) is 2.81. The van der Waals surface area contributed by atoms with Crippen molar-refractivity contribution in [2.24, 2.45) is 0 Å². The maximum absolute atomic E-state index is 13.1. The second kappa shape index (κ2) is 4.97. The Morgan fingerprint density at radius 1 is 0.955 bits per heavy atom. The van der Waals surface area contributed by atoms with E-state index in [9.17, 15) is 22.0 Å². The van der Waals surface area contributed by atoms with Crippen LogP contribution in [-0.2, 0) is 0 Å². The molecule has 8 heteroatoms. The van der Waals surface area contributed by atoms with Crippen molar-refractivity contribution in [3.63, 3.8) is 0 Å². The van der Waals surface area contributed by atoms with E-state index in [4.69, 9.17) is 0 Å². The van der Waals surface area contributed by atoms with Crippen LogP contribution in [0.4, 0.5) is 22.0 Å². The predicted octanol–water partition coefficient (Wildman–Crippen LogP) is 4.41. The van der Waals surface area contributed by atoms with Crippen molar-refractivity contribution in [1.29, 1.82) is 0 Å². The van der Waals surface area contributed by atoms with Gasteiger partial charge in [-0.25, -0.2) is 13.8 Å². The van der Waals surface area contributed by atoms with E-state index in [-0.39, 0.29) is 22.6 Å². The van der Waals surface area contributed by atoms with Crippen molar-refractivity contribution < 1.29 is 26.7 Å². The summed E-state index contributed by atoms with van der Waals surface area (Å²) in [5.41, 5.74) is 0.945. The fraction of sp³-hybridized carbons (Fsp3) is 0.0714. The topological polar surface area (TPSA) is 37.9 Å². The van der Waals surface area contributed by atoms with Crippen molar-refractivity contribution in [3.05, 3.63) is 48.0 Å². The number of aromatic amines is 1. The number of imidazole rings is 1. The Balaban J connectivity index is 1.94. The fourth-order valence-electron chi connectivity index (χ4n) is 1.96. The van der Waals surface area contributed by atoms with E-state index >= 15 is 0 Å². The quantitative estimate of drug-likeness (QED) is 0.712. The summed E-state index contributed by atoms with van der Waals surface area (Å²) >= 11 is 0. The molecule has 0 atom stereocenters. The Bertz CT molecular complexity index is 785. The lowest BCUT2D eigenvalue weighted by Gasteiger charge is -2.08. The molecule has 1 N–H and O–H groups in total. The highest BCUT2D eigenvalue weighted by atomic mass is 19.4. The lowest BCUT2D eigenvalue weighted by atomic mass is 10.2. The molecule has 22 heavy (non-hydrogen) atoms. The summed E-state index contributed by atoms with van der Waals surface area (Å²) in [4.78, 5) is 6.83. The summed E-state index contributed by atoms with van der Waals surface area (Å²) in [7, 11) is 0. The number of alkyl halides is 3. The predicted molar refractivity (Wildman–Crippen MR) is 68.1 cm³/mol. The van der Waals surface area contributed by atoms with Crippen molar-refractivity contribution >= 4 is 11.0 Å². The minimum atomic E-state index is -4.77. The van der Waals surface area contributed by atoms with Gasteiger partial charge in [0, 0.05) is 17.7 Å². The summed E-state index contributed by atoms with van der Waals surface area (Å²) < 4.78 is 66.2. The Labute approximate surface area is 120 Å². The number of halogens is 5. The molecule has 0 saturated heterocycles. The van der Waals surface area contributed by atoms with E-state index in [1.807, 2.05) is 0 Å². The number of H-pyrrole nitrogens is 1. The normalized spacial score (nSPS) is 11.9. The monoisotopic (exact) mass is 314 g/mol. The van der Waals surface area contributed by atoms with Crippen molar-refractivity contribution in [2.45, 2.75) is 6.36 Å². The van der Waals surface area contributed by atoms with Crippen LogP contribution in [0, 0.1) is 11.6 Å². The highest BCUT2D eigenvalue weighted by Gasteiger charge is 2.31. The number of nitrogens with one attached hydrogen (secondary N) is 1. The Hall–Kier alpha value is -2.64. The zero-order valence-electron chi connectivity index (χ0n) is 10.7. The number of aromatic nitrogens is 2. The molecule has 1 aromatic heterocycles. The standard InChI is InChI=1S/C14H7F5N2O/c15-9-5-11-12(6-10(9)16)21-13(20-11)7-1-3-8(4-2-7)22-14(17,18)19/h1-6H,(H,20,21). The Morgan fingerprint density at radius 2 is 1.59 bits per heavy atom. The molecule has 0 fully saturated rings. The van der Waals surface area contributed by atoms with Gasteiger partial charge in [-0.1, -0.05) is 0 Å². The molecule has 0 aliphatic rings. The second-order valence-corrected chi connectivity index (χ2v) is 4.44. The maximum Gasteiger partial charge on any atom is 0.573 e. The van der Waals surface area contributed by atoms with Gasteiger partial charge in [0.2, 0.25) is 0 Å². The minimum absolute atomic E-state index is 0.213. The fourth-order valence-corrected chi connectivity index (χ4v) is 1.96. The van der Waals surface area contributed by atoms with Crippen molar-refractivity contribution in [2.75, 3.05) is 0 Å². The molecular formula is C14H7F5N2O. The second-order valence-electron chi connectivity index (χ2n) is 4.44. The molecule has 114 valence electrons. The minimum Gasteiger partial charge on any atom is -0.406 e. The number of hydrogen-bond acceptors (Lipinski definition) is 2. The third kappa shape index (κ3) is 2.85. The Morgan fingerprint density at radius 3 is 2.23 bits per heavy atom. The van der Waals surface area contributed by atoms with Crippen molar-refractivity contribution in [1.82, 2.24) is 9.97 Å². The van der Waals surface area contributed by atoms with E-state index in [0.29, 0.717) is 5.56 Å². The molecule has 2 aromatic carbocycles. The first-order valence-electron chi connectivity index (χ1n) is 6.03. The van der Waals surface area contributed by atoms with Gasteiger partial charge in [0.15, 0.2) is 11.6 Å². The molecule has 0 saturated carbocycles. The van der Waals surface area contributed by atoms with Gasteiger partial charge in [-0.3, -0.25) is 0 Å². The molecule has 0 unspecified atom stereocenters. The molecule has 0 amide bonds. The molecule has 0 spiro atoms. The van der Waals surface area contributed by atoms with Crippen LogP contribution in [0.5, 0.6) is 5.75 Å². The largest absolute Gasteiger partial charge is 0.573 e. The van der Waals surface area contributed by atoms with Gasteiger partial charge in [0.05, 0.1) is 11.0 Å². The zero-order valence-corrected chi connectivity index (χ0v) is 10.7. The van der Waals surface area contributed by atoms with Crippen molar-refractivity contribution in [3.8, 4) is 17.1 Å². The van der Waals surface area contributed by atoms with Gasteiger partial charge in [-0.15, -0.1) is 13.2 Å². The third-order valence-corrected chi connectivity index (χ3v) is 2.89. The van der Waals surface area contributed by atoms with Crippen LogP contribution in [0.15, 0.2) is 36.4 Å². The first-order chi connectivity index (χ1) is 10.3. The summed E-state index contributed by atoms with van der Waals surface area (Å²) in [6, 6.07) is 6.85. The van der Waals surface area contributed by atoms with Crippen LogP contribution in [0.1, 0.15) is 0 Å². The van der Waals surface area contributed by atoms with Gasteiger partial charge in [0.25, 0.3) is 0 Å². The van der Waals surface area contributed by atoms with Crippen LogP contribution >= 0.6 is 0 Å². The first kappa shape index (κ1) is 14.3. The van der Waals surface area contributed by atoms with E-state index in [2.05, 4.69) is 14.7 Å². The lowest BCUT2D eigenvalue weighted by molar-refractivity contribution is -0.274. The average molecular weight is 314 g/mol. The van der Waals surface area contributed by atoms with E-state index in [1.165, 1.54) is 12.1 Å². The third-order valence-electron chi connectivity index (χ3n) is 2.89. The Kier molecular flexibility index (Phi) is 3.23. The van der Waals surface area contributed by atoms with Gasteiger partial charge in [-0.2, -0.15) is 0 Å². The number of nitrogens with zero attached hydrogens (tertiary/aromatic N) is 1. The summed E-state index contributed by atoms with van der Waals surface area (Å²) in [5, 5.41) is 0. The number of benzene rings is 2. The number of hydrogen-bond donors (Lipinski definition) is 1. The molecule has 1 heterocycles. The van der Waals surface area contributed by atoms with Crippen LogP contribution in [0.3, 0.4) is 0 Å². The van der Waals surface area contributed by atoms with Crippen LogP contribution in [-0.4, -0.2) is 16.3 Å². The molecule has 0 aliphatic heterocycles. The van der Waals surface area contributed by atoms with E-state index in [1.54, 1.807) is 0 Å². The van der Waals surface area contributed by atoms with E-state index < -0.39 is 18.0 Å². The molecule has 0 radical (unpaired) electrons. The molecule has 3 nitrogen and oxygen atoms in total. The molecular weight excluding hydrogens is 307 g/mol. The highest BCUT2D eigenvalue weighted by molar-refractivity contribution is 5.79. The number of ether oxygens (including phenoxy) is 1. The smallest absolute Gasteiger partial charge is 0.406 e. The summed E-state index contributed by atoms with van der Waals surface area (Å²) in [6.45, 7) is 0. The van der Waals surface area contributed by atoms with Gasteiger partial charge in [-0.05, 0) is 24.3 Å². The van der Waals surface area contributed by atoms with Gasteiger partial charge in [0.1, 0.15) is 11.6 Å². The summed E-state index contributed by atoms with van der Waals surface area (Å²) in [6.07, 6.45) is -4.77. The molecule has 0 aliphatic carbocycles. The van der Waals surface area contributed by atoms with Gasteiger partial charge >= 0.3 is 6.36 Å². The number of rotatable bonds is 2. The van der Waals surface area contributed by atoms with E-state index in [0.717, 1.165) is 24.3 Å². The van der Waals surface area contributed by atoms with Crippen LogP contribution in [0.2, 0.25) is 0 Å². The van der Waals surface area contributed by atoms with Crippen LogP contribution < -0.4 is 4.74 Å². The molecule has 3 aromatic rings. The maximum atomic E-state index is 13.1. The highest BCUT2D eigenvalue weighted by Crippen LogP contribution is 2.27. The molecule has 0 bridgehead atoms. The first-order valence-corrected chi connectivity index (χ1v) is 6.03. The summed E-state index contributed by atoms with van der Waals surface area (Å²) in [5.74, 6) is -2.14.